The lowest BCUT2D eigenvalue weighted by Gasteiger charge is -2.01. The molecule has 2 rings (SSSR count). The molecule has 8 nitrogen and oxygen atoms in total. The Balaban J connectivity index is 1.86. The van der Waals surface area contributed by atoms with Gasteiger partial charge in [-0.05, 0) is 24.3 Å². The van der Waals surface area contributed by atoms with E-state index in [2.05, 4.69) is 30.0 Å². The van der Waals surface area contributed by atoms with Crippen molar-refractivity contribution in [1.82, 2.24) is 0 Å². The van der Waals surface area contributed by atoms with E-state index in [1.807, 2.05) is 0 Å². The minimum absolute atomic E-state index is 0.461. The number of nitrogens with zero attached hydrogens (tertiary/aromatic N) is 4. The summed E-state index contributed by atoms with van der Waals surface area (Å²) in [6, 6.07) is 17.1. The van der Waals surface area contributed by atoms with Crippen LogP contribution in [0.5, 0.6) is 0 Å². The Morgan fingerprint density at radius 3 is 1.52 bits per heavy atom. The molecule has 0 saturated heterocycles. The maximum atomic E-state index is 11.4. The summed E-state index contributed by atoms with van der Waals surface area (Å²) in [7, 11) is -4.49. The maximum absolute atomic E-state index is 11.4. The second-order valence-electron chi connectivity index (χ2n) is 3.67. The molecular formula is C12H11N4O4P. The van der Waals surface area contributed by atoms with Gasteiger partial charge in [0.15, 0.2) is 0 Å². The van der Waals surface area contributed by atoms with Gasteiger partial charge >= 0.3 is 7.82 Å². The third kappa shape index (κ3) is 5.52. The number of rotatable bonds is 6. The predicted octanol–water partition coefficient (Wildman–Crippen LogP) is 4.52. The molecule has 0 aliphatic rings. The standard InChI is InChI=1S/C12H11N4O4P/c17-21(18,19-15-13-11-7-3-1-4-8-11)20-16-14-12-9-5-2-6-10-12/h1-10H,(H,17,18). The van der Waals surface area contributed by atoms with E-state index in [-0.39, 0.29) is 0 Å². The fraction of sp³-hybridized carbons (Fsp3) is 0. The van der Waals surface area contributed by atoms with Crippen LogP contribution >= 0.6 is 7.82 Å². The third-order valence-corrected chi connectivity index (χ3v) is 2.66. The Kier molecular flexibility index (Phi) is 5.14. The molecule has 0 aromatic heterocycles. The molecule has 0 amide bonds. The van der Waals surface area contributed by atoms with Crippen molar-refractivity contribution < 1.29 is 18.7 Å². The molecule has 1 N–H and O–H groups in total. The van der Waals surface area contributed by atoms with Crippen LogP contribution in [0, 0.1) is 0 Å². The third-order valence-electron chi connectivity index (χ3n) is 2.10. The van der Waals surface area contributed by atoms with Crippen molar-refractivity contribution in [2.24, 2.45) is 20.8 Å². The second-order valence-corrected chi connectivity index (χ2v) is 4.93. The van der Waals surface area contributed by atoms with Crippen molar-refractivity contribution in [2.45, 2.75) is 0 Å². The molecule has 0 atom stereocenters. The monoisotopic (exact) mass is 306 g/mol. The molecule has 0 bridgehead atoms. The molecule has 108 valence electrons. The van der Waals surface area contributed by atoms with Crippen molar-refractivity contribution in [3.8, 4) is 0 Å². The molecule has 0 heterocycles. The summed E-state index contributed by atoms with van der Waals surface area (Å²) >= 11 is 0. The first-order valence-corrected chi connectivity index (χ1v) is 7.28. The zero-order chi connectivity index (χ0) is 15.0. The van der Waals surface area contributed by atoms with Crippen LogP contribution in [0.1, 0.15) is 0 Å². The van der Waals surface area contributed by atoms with Crippen LogP contribution in [-0.2, 0) is 13.8 Å². The van der Waals surface area contributed by atoms with Gasteiger partial charge in [0.05, 0.1) is 11.4 Å². The Morgan fingerprint density at radius 1 is 0.762 bits per heavy atom. The summed E-state index contributed by atoms with van der Waals surface area (Å²) in [5.41, 5.74) is 0.923. The van der Waals surface area contributed by atoms with E-state index in [1.54, 1.807) is 60.7 Å². The SMILES string of the molecule is O=P(O)(ON=Nc1ccccc1)ON=Nc1ccccc1. The maximum Gasteiger partial charge on any atom is 0.629 e. The van der Waals surface area contributed by atoms with Crippen molar-refractivity contribution in [1.29, 1.82) is 0 Å². The molecular weight excluding hydrogens is 295 g/mol. The van der Waals surface area contributed by atoms with Crippen molar-refractivity contribution in [3.05, 3.63) is 60.7 Å². The highest BCUT2D eigenvalue weighted by Crippen LogP contribution is 2.44. The van der Waals surface area contributed by atoms with E-state index < -0.39 is 7.82 Å². The molecule has 0 radical (unpaired) electrons. The number of phosphoric acid groups is 1. The van der Waals surface area contributed by atoms with E-state index in [1.165, 1.54) is 0 Å². The highest BCUT2D eigenvalue weighted by atomic mass is 31.2. The fourth-order valence-electron chi connectivity index (χ4n) is 1.23. The first-order chi connectivity index (χ1) is 10.2. The summed E-state index contributed by atoms with van der Waals surface area (Å²) in [5.74, 6) is 0. The van der Waals surface area contributed by atoms with Crippen LogP contribution in [0.4, 0.5) is 11.4 Å². The summed E-state index contributed by atoms with van der Waals surface area (Å²) < 4.78 is 19.9. The van der Waals surface area contributed by atoms with E-state index in [0.717, 1.165) is 0 Å². The molecule has 0 saturated carbocycles. The van der Waals surface area contributed by atoms with Gasteiger partial charge in [0.2, 0.25) is 0 Å². The summed E-state index contributed by atoms with van der Waals surface area (Å²) in [6.45, 7) is 0. The quantitative estimate of drug-likeness (QED) is 0.481. The lowest BCUT2D eigenvalue weighted by atomic mass is 10.3. The molecule has 21 heavy (non-hydrogen) atoms. The fourth-order valence-corrected chi connectivity index (χ4v) is 1.51. The Hall–Kier alpha value is -2.57. The molecule has 9 heteroatoms. The van der Waals surface area contributed by atoms with Gasteiger partial charge in [-0.3, -0.25) is 14.1 Å². The van der Waals surface area contributed by atoms with Gasteiger partial charge in [-0.2, -0.15) is 0 Å². The predicted molar refractivity (Wildman–Crippen MR) is 73.9 cm³/mol. The van der Waals surface area contributed by atoms with Gasteiger partial charge in [0, 0.05) is 10.6 Å². The summed E-state index contributed by atoms with van der Waals surface area (Å²) in [6.07, 6.45) is 0. The molecule has 0 fully saturated rings. The first-order valence-electron chi connectivity index (χ1n) is 5.78. The lowest BCUT2D eigenvalue weighted by Crippen LogP contribution is -1.83. The van der Waals surface area contributed by atoms with Gasteiger partial charge in [-0.25, -0.2) is 4.57 Å². The molecule has 2 aromatic rings. The van der Waals surface area contributed by atoms with E-state index in [4.69, 9.17) is 0 Å². The van der Waals surface area contributed by atoms with Gasteiger partial charge in [0.25, 0.3) is 0 Å². The summed E-state index contributed by atoms with van der Waals surface area (Å²) in [4.78, 5) is 9.27. The molecule has 0 aliphatic carbocycles. The van der Waals surface area contributed by atoms with E-state index in [9.17, 15) is 9.46 Å². The minimum atomic E-state index is -4.49. The Labute approximate surface area is 120 Å². The summed E-state index contributed by atoms with van der Waals surface area (Å²) in [5, 5.41) is 13.4. The number of benzene rings is 2. The van der Waals surface area contributed by atoms with Crippen LogP contribution in [0.15, 0.2) is 81.4 Å². The Morgan fingerprint density at radius 2 is 1.14 bits per heavy atom. The molecule has 0 aliphatic heterocycles. The van der Waals surface area contributed by atoms with Gasteiger partial charge in [-0.1, -0.05) is 36.4 Å². The largest absolute Gasteiger partial charge is 0.629 e. The van der Waals surface area contributed by atoms with Crippen molar-refractivity contribution in [3.63, 3.8) is 0 Å². The highest BCUT2D eigenvalue weighted by Gasteiger charge is 2.25. The Bertz CT molecular complexity index is 608. The zero-order valence-corrected chi connectivity index (χ0v) is 11.6. The van der Waals surface area contributed by atoms with Gasteiger partial charge in [-0.15, -0.1) is 10.2 Å². The average molecular weight is 306 g/mol. The topological polar surface area (TPSA) is 105 Å². The number of hydrogen-bond donors (Lipinski definition) is 1. The van der Waals surface area contributed by atoms with Gasteiger partial charge < -0.3 is 0 Å². The minimum Gasteiger partial charge on any atom is -0.280 e. The highest BCUT2D eigenvalue weighted by molar-refractivity contribution is 7.47. The van der Waals surface area contributed by atoms with Crippen LogP contribution in [0.25, 0.3) is 0 Å². The van der Waals surface area contributed by atoms with Gasteiger partial charge in [0.1, 0.15) is 0 Å². The average Bonchev–Trinajstić information content (AvgIpc) is 2.49. The number of hydrogen-bond acceptors (Lipinski definition) is 7. The zero-order valence-electron chi connectivity index (χ0n) is 10.7. The molecule has 0 spiro atoms. The first kappa shape index (κ1) is 14.8. The van der Waals surface area contributed by atoms with Crippen LogP contribution < -0.4 is 0 Å². The van der Waals surface area contributed by atoms with Crippen LogP contribution in [0.3, 0.4) is 0 Å². The van der Waals surface area contributed by atoms with Crippen molar-refractivity contribution >= 4 is 19.2 Å². The normalized spacial score (nSPS) is 14.1. The molecule has 2 aromatic carbocycles. The smallest absolute Gasteiger partial charge is 0.280 e. The molecule has 0 unspecified atom stereocenters. The lowest BCUT2D eigenvalue weighted by molar-refractivity contribution is 0.142. The van der Waals surface area contributed by atoms with E-state index in [0.29, 0.717) is 11.4 Å². The second kappa shape index (κ2) is 7.28. The van der Waals surface area contributed by atoms with Crippen molar-refractivity contribution in [2.75, 3.05) is 0 Å². The van der Waals surface area contributed by atoms with E-state index >= 15 is 0 Å². The van der Waals surface area contributed by atoms with Crippen LogP contribution in [-0.4, -0.2) is 4.89 Å². The van der Waals surface area contributed by atoms with Crippen LogP contribution in [0.2, 0.25) is 0 Å².